The van der Waals surface area contributed by atoms with E-state index in [-0.39, 0.29) is 12.8 Å². The second-order valence-electron chi connectivity index (χ2n) is 4.01. The van der Waals surface area contributed by atoms with Crippen molar-refractivity contribution in [2.75, 3.05) is 12.5 Å². The summed E-state index contributed by atoms with van der Waals surface area (Å²) >= 11 is 0. The molecule has 0 aromatic heterocycles. The predicted molar refractivity (Wildman–Crippen MR) is 76.4 cm³/mol. The zero-order valence-corrected chi connectivity index (χ0v) is 12.1. The van der Waals surface area contributed by atoms with E-state index in [1.165, 1.54) is 0 Å². The summed E-state index contributed by atoms with van der Waals surface area (Å²) in [7, 11) is -2.27. The zero-order valence-electron chi connectivity index (χ0n) is 11.1. The summed E-state index contributed by atoms with van der Waals surface area (Å²) in [4.78, 5) is 22.4. The molecular formula is C13H16NO6P. The molecule has 0 aliphatic rings. The van der Waals surface area contributed by atoms with Gasteiger partial charge in [0.05, 0.1) is 6.35 Å². The number of carbonyl (C=O) groups excluding carboxylic acids is 1. The number of nitrogens with one attached hydrogen (secondary N) is 1. The van der Waals surface area contributed by atoms with Crippen LogP contribution >= 0.6 is 7.80 Å². The molecule has 0 aliphatic carbocycles. The van der Waals surface area contributed by atoms with E-state index in [1.54, 1.807) is 24.3 Å². The minimum atomic E-state index is -2.27. The Labute approximate surface area is 122 Å². The zero-order chi connectivity index (χ0) is 15.7. The highest BCUT2D eigenvalue weighted by Gasteiger charge is 2.12. The Balaban J connectivity index is 2.53. The van der Waals surface area contributed by atoms with Gasteiger partial charge in [-0.1, -0.05) is 30.3 Å². The molecule has 0 saturated carbocycles. The molecule has 1 atom stereocenters. The van der Waals surface area contributed by atoms with Crippen molar-refractivity contribution in [2.24, 2.45) is 0 Å². The van der Waals surface area contributed by atoms with Crippen LogP contribution in [0.5, 0.6) is 0 Å². The molecule has 1 amide bonds. The van der Waals surface area contributed by atoms with E-state index in [9.17, 15) is 14.2 Å². The summed E-state index contributed by atoms with van der Waals surface area (Å²) in [5, 5.41) is 19.6. The van der Waals surface area contributed by atoms with Crippen molar-refractivity contribution < 1.29 is 29.1 Å². The van der Waals surface area contributed by atoms with Crippen LogP contribution in [0.2, 0.25) is 0 Å². The molecule has 7 nitrogen and oxygen atoms in total. The Hall–Kier alpha value is -2.11. The minimum Gasteiger partial charge on any atom is -0.477 e. The Kier molecular flexibility index (Phi) is 7.21. The lowest BCUT2D eigenvalue weighted by atomic mass is 10.2. The van der Waals surface area contributed by atoms with E-state index < -0.39 is 31.9 Å². The third-order valence-corrected chi connectivity index (χ3v) is 3.40. The number of rotatable bonds is 7. The van der Waals surface area contributed by atoms with Gasteiger partial charge in [-0.05, 0) is 11.6 Å². The van der Waals surface area contributed by atoms with E-state index in [1.807, 2.05) is 6.07 Å². The van der Waals surface area contributed by atoms with Crippen LogP contribution in [-0.2, 0) is 20.7 Å². The Morgan fingerprint density at radius 2 is 1.95 bits per heavy atom. The molecule has 0 aliphatic heterocycles. The van der Waals surface area contributed by atoms with E-state index in [4.69, 9.17) is 14.9 Å². The summed E-state index contributed by atoms with van der Waals surface area (Å²) in [5.41, 5.74) is 0.332. The Morgan fingerprint density at radius 1 is 1.29 bits per heavy atom. The average Bonchev–Trinajstić information content (AvgIpc) is 2.49. The fourth-order valence-corrected chi connectivity index (χ4v) is 1.90. The summed E-state index contributed by atoms with van der Waals surface area (Å²) in [6.45, 7) is 0.00676. The first-order valence-electron chi connectivity index (χ1n) is 6.06. The van der Waals surface area contributed by atoms with Crippen LogP contribution in [-0.4, -0.2) is 34.8 Å². The fraction of sp³-hybridized carbons (Fsp3) is 0.231. The second-order valence-corrected chi connectivity index (χ2v) is 5.81. The number of amides is 1. The number of hydrogen-bond donors (Lipinski definition) is 3. The SMILES string of the molecule is O=C(NC(=CC[PH](=O)CO)C(=O)O)OCc1ccccc1. The maximum Gasteiger partial charge on any atom is 0.412 e. The number of aliphatic carboxylic acids is 1. The van der Waals surface area contributed by atoms with Gasteiger partial charge in [0.15, 0.2) is 0 Å². The maximum atomic E-state index is 11.5. The molecule has 114 valence electrons. The van der Waals surface area contributed by atoms with Gasteiger partial charge in [-0.2, -0.15) is 0 Å². The third-order valence-electron chi connectivity index (χ3n) is 2.39. The molecule has 1 aromatic rings. The van der Waals surface area contributed by atoms with Crippen molar-refractivity contribution in [3.05, 3.63) is 47.7 Å². The predicted octanol–water partition coefficient (Wildman–Crippen LogP) is 1.39. The summed E-state index contributed by atoms with van der Waals surface area (Å²) in [6.07, 6.45) is -0.450. The maximum absolute atomic E-state index is 11.5. The molecule has 1 aromatic carbocycles. The smallest absolute Gasteiger partial charge is 0.412 e. The van der Waals surface area contributed by atoms with Gasteiger partial charge in [-0.3, -0.25) is 5.32 Å². The second kappa shape index (κ2) is 8.94. The summed E-state index contributed by atoms with van der Waals surface area (Å²) < 4.78 is 16.0. The topological polar surface area (TPSA) is 113 Å². The quantitative estimate of drug-likeness (QED) is 0.518. The van der Waals surface area contributed by atoms with Crippen LogP contribution in [0.3, 0.4) is 0 Å². The molecule has 0 heterocycles. The number of aliphatic hydroxyl groups is 1. The number of aliphatic hydroxyl groups excluding tert-OH is 1. The van der Waals surface area contributed by atoms with Crippen LogP contribution < -0.4 is 5.32 Å². The normalized spacial score (nSPS) is 12.5. The lowest BCUT2D eigenvalue weighted by Gasteiger charge is -2.07. The first kappa shape index (κ1) is 16.9. The van der Waals surface area contributed by atoms with Gasteiger partial charge in [0.1, 0.15) is 20.1 Å². The van der Waals surface area contributed by atoms with E-state index in [0.717, 1.165) is 11.6 Å². The highest BCUT2D eigenvalue weighted by atomic mass is 31.1. The molecular weight excluding hydrogens is 297 g/mol. The van der Waals surface area contributed by atoms with Gasteiger partial charge in [0, 0.05) is 6.16 Å². The van der Waals surface area contributed by atoms with Crippen LogP contribution in [0.25, 0.3) is 0 Å². The lowest BCUT2D eigenvalue weighted by Crippen LogP contribution is -2.28. The lowest BCUT2D eigenvalue weighted by molar-refractivity contribution is -0.133. The van der Waals surface area contributed by atoms with Crippen molar-refractivity contribution in [1.82, 2.24) is 5.32 Å². The van der Waals surface area contributed by atoms with E-state index in [0.29, 0.717) is 0 Å². The van der Waals surface area contributed by atoms with Crippen LogP contribution in [0, 0.1) is 0 Å². The number of hydrogen-bond acceptors (Lipinski definition) is 5. The van der Waals surface area contributed by atoms with E-state index >= 15 is 0 Å². The number of benzene rings is 1. The van der Waals surface area contributed by atoms with Crippen LogP contribution in [0.1, 0.15) is 5.56 Å². The highest BCUT2D eigenvalue weighted by Crippen LogP contribution is 2.18. The molecule has 8 heteroatoms. The molecule has 3 N–H and O–H groups in total. The number of alkyl carbamates (subject to hydrolysis) is 1. The molecule has 0 radical (unpaired) electrons. The summed E-state index contributed by atoms with van der Waals surface area (Å²) in [5.74, 6) is -1.38. The van der Waals surface area contributed by atoms with Crippen LogP contribution in [0.4, 0.5) is 4.79 Å². The molecule has 0 bridgehead atoms. The molecule has 1 rings (SSSR count). The molecule has 0 fully saturated rings. The summed E-state index contributed by atoms with van der Waals surface area (Å²) in [6, 6.07) is 8.90. The van der Waals surface area contributed by atoms with Gasteiger partial charge in [0.25, 0.3) is 0 Å². The van der Waals surface area contributed by atoms with Crippen molar-refractivity contribution in [2.45, 2.75) is 6.61 Å². The molecule has 21 heavy (non-hydrogen) atoms. The van der Waals surface area contributed by atoms with Gasteiger partial charge in [-0.25, -0.2) is 9.59 Å². The first-order valence-corrected chi connectivity index (χ1v) is 7.89. The van der Waals surface area contributed by atoms with Gasteiger partial charge < -0.3 is 19.5 Å². The van der Waals surface area contributed by atoms with Gasteiger partial charge in [0.2, 0.25) is 0 Å². The number of carboxylic acid groups (broad SMARTS) is 1. The van der Waals surface area contributed by atoms with Crippen molar-refractivity contribution in [1.29, 1.82) is 0 Å². The largest absolute Gasteiger partial charge is 0.477 e. The Morgan fingerprint density at radius 3 is 2.52 bits per heavy atom. The molecule has 0 spiro atoms. The van der Waals surface area contributed by atoms with Gasteiger partial charge >= 0.3 is 12.1 Å². The van der Waals surface area contributed by atoms with E-state index in [2.05, 4.69) is 5.32 Å². The molecule has 0 saturated heterocycles. The number of carboxylic acids is 1. The highest BCUT2D eigenvalue weighted by molar-refractivity contribution is 7.44. The number of ether oxygens (including phenoxy) is 1. The van der Waals surface area contributed by atoms with Crippen molar-refractivity contribution in [3.8, 4) is 0 Å². The number of carbonyl (C=O) groups is 2. The monoisotopic (exact) mass is 313 g/mol. The Bertz CT molecular complexity index is 543. The minimum absolute atomic E-state index is 0.00676. The number of allylic oxidation sites excluding steroid dienone is 1. The standard InChI is InChI=1S/C13H16NO6P/c15-9-21(19)7-6-11(12(16)17)14-13(18)20-8-10-4-2-1-3-5-10/h1-6,15,21H,7-9H2,(H,14,18)(H,16,17). The van der Waals surface area contributed by atoms with Crippen molar-refractivity contribution >= 4 is 19.9 Å². The average molecular weight is 313 g/mol. The van der Waals surface area contributed by atoms with Crippen molar-refractivity contribution in [3.63, 3.8) is 0 Å². The molecule has 1 unspecified atom stereocenters. The van der Waals surface area contributed by atoms with Crippen LogP contribution in [0.15, 0.2) is 42.1 Å². The van der Waals surface area contributed by atoms with Gasteiger partial charge in [-0.15, -0.1) is 0 Å². The third kappa shape index (κ3) is 6.74. The first-order chi connectivity index (χ1) is 10.0. The fourth-order valence-electron chi connectivity index (χ4n) is 1.34.